The zero-order valence-electron chi connectivity index (χ0n) is 15.0. The van der Waals surface area contributed by atoms with Crippen molar-refractivity contribution in [3.63, 3.8) is 0 Å². The summed E-state index contributed by atoms with van der Waals surface area (Å²) in [4.78, 5) is 12.4. The Balaban J connectivity index is 2.02. The largest absolute Gasteiger partial charge is 0.494 e. The SMILES string of the molecule is CCOc1ccc(S(=O)(=O)N(CC)CC(=O)NC2CCCCC2)cc1. The van der Waals surface area contributed by atoms with Crippen molar-refractivity contribution in [1.29, 1.82) is 0 Å². The molecule has 7 heteroatoms. The van der Waals surface area contributed by atoms with Gasteiger partial charge in [0, 0.05) is 12.6 Å². The third-order valence-electron chi connectivity index (χ3n) is 4.42. The monoisotopic (exact) mass is 368 g/mol. The van der Waals surface area contributed by atoms with Crippen molar-refractivity contribution in [2.24, 2.45) is 0 Å². The number of rotatable bonds is 8. The highest BCUT2D eigenvalue weighted by Crippen LogP contribution is 2.20. The molecule has 1 aromatic rings. The molecule has 0 bridgehead atoms. The van der Waals surface area contributed by atoms with E-state index >= 15 is 0 Å². The average Bonchev–Trinajstić information content (AvgIpc) is 2.61. The highest BCUT2D eigenvalue weighted by Gasteiger charge is 2.26. The molecular weight excluding hydrogens is 340 g/mol. The lowest BCUT2D eigenvalue weighted by molar-refractivity contribution is -0.122. The topological polar surface area (TPSA) is 75.7 Å². The number of nitrogens with one attached hydrogen (secondary N) is 1. The smallest absolute Gasteiger partial charge is 0.243 e. The second kappa shape index (κ2) is 9.20. The molecule has 2 rings (SSSR count). The predicted octanol–water partition coefficient (Wildman–Crippen LogP) is 2.54. The summed E-state index contributed by atoms with van der Waals surface area (Å²) in [5, 5.41) is 2.97. The molecule has 140 valence electrons. The van der Waals surface area contributed by atoms with Crippen molar-refractivity contribution in [2.75, 3.05) is 19.7 Å². The summed E-state index contributed by atoms with van der Waals surface area (Å²) in [6, 6.07) is 6.47. The molecule has 0 unspecified atom stereocenters. The van der Waals surface area contributed by atoms with Crippen LogP contribution in [0.3, 0.4) is 0 Å². The minimum atomic E-state index is -3.70. The predicted molar refractivity (Wildman–Crippen MR) is 97.1 cm³/mol. The Morgan fingerprint density at radius 1 is 1.16 bits per heavy atom. The van der Waals surface area contributed by atoms with Crippen LogP contribution in [0.15, 0.2) is 29.2 Å². The summed E-state index contributed by atoms with van der Waals surface area (Å²) in [6.45, 7) is 4.22. The van der Waals surface area contributed by atoms with Gasteiger partial charge in [-0.1, -0.05) is 26.2 Å². The molecule has 0 heterocycles. The zero-order valence-corrected chi connectivity index (χ0v) is 15.8. The lowest BCUT2D eigenvalue weighted by Gasteiger charge is -2.25. The first-order valence-corrected chi connectivity index (χ1v) is 10.4. The summed E-state index contributed by atoms with van der Waals surface area (Å²) in [5.74, 6) is 0.391. The molecule has 1 aromatic carbocycles. The van der Waals surface area contributed by atoms with Crippen LogP contribution in [0.1, 0.15) is 46.0 Å². The Morgan fingerprint density at radius 3 is 2.36 bits per heavy atom. The maximum Gasteiger partial charge on any atom is 0.243 e. The van der Waals surface area contributed by atoms with Gasteiger partial charge in [-0.2, -0.15) is 4.31 Å². The van der Waals surface area contributed by atoms with Gasteiger partial charge < -0.3 is 10.1 Å². The quantitative estimate of drug-likeness (QED) is 0.765. The molecule has 1 fully saturated rings. The molecule has 0 aliphatic heterocycles. The van der Waals surface area contributed by atoms with Gasteiger partial charge in [-0.3, -0.25) is 4.79 Å². The minimum absolute atomic E-state index is 0.150. The third kappa shape index (κ3) is 5.44. The second-order valence-electron chi connectivity index (χ2n) is 6.24. The number of likely N-dealkylation sites (N-methyl/N-ethyl adjacent to an activating group) is 1. The van der Waals surface area contributed by atoms with E-state index in [0.717, 1.165) is 25.7 Å². The molecule has 25 heavy (non-hydrogen) atoms. The van der Waals surface area contributed by atoms with E-state index in [1.54, 1.807) is 19.1 Å². The fourth-order valence-corrected chi connectivity index (χ4v) is 4.48. The first kappa shape index (κ1) is 19.7. The lowest BCUT2D eigenvalue weighted by atomic mass is 9.95. The van der Waals surface area contributed by atoms with E-state index in [-0.39, 0.29) is 29.9 Å². The van der Waals surface area contributed by atoms with Crippen molar-refractivity contribution >= 4 is 15.9 Å². The zero-order chi connectivity index (χ0) is 18.3. The molecule has 0 radical (unpaired) electrons. The average molecular weight is 368 g/mol. The molecule has 1 saturated carbocycles. The fourth-order valence-electron chi connectivity index (χ4n) is 3.07. The number of benzene rings is 1. The summed E-state index contributed by atoms with van der Waals surface area (Å²) in [5.41, 5.74) is 0. The Bertz CT molecular complexity index is 652. The van der Waals surface area contributed by atoms with Crippen molar-refractivity contribution in [3.05, 3.63) is 24.3 Å². The van der Waals surface area contributed by atoms with Crippen molar-refractivity contribution in [1.82, 2.24) is 9.62 Å². The summed E-state index contributed by atoms with van der Waals surface area (Å²) in [7, 11) is -3.70. The molecular formula is C18H28N2O4S. The van der Waals surface area contributed by atoms with Crippen LogP contribution >= 0.6 is 0 Å². The Morgan fingerprint density at radius 2 is 1.80 bits per heavy atom. The number of hydrogen-bond acceptors (Lipinski definition) is 4. The Labute approximate surface area is 150 Å². The van der Waals surface area contributed by atoms with Gasteiger partial charge in [-0.15, -0.1) is 0 Å². The van der Waals surface area contributed by atoms with E-state index in [2.05, 4.69) is 5.32 Å². The Hall–Kier alpha value is -1.60. The maximum absolute atomic E-state index is 12.8. The van der Waals surface area contributed by atoms with Gasteiger partial charge in [0.25, 0.3) is 0 Å². The van der Waals surface area contributed by atoms with Gasteiger partial charge >= 0.3 is 0 Å². The van der Waals surface area contributed by atoms with E-state index in [1.165, 1.54) is 22.9 Å². The van der Waals surface area contributed by atoms with Gasteiger partial charge in [0.15, 0.2) is 0 Å². The van der Waals surface area contributed by atoms with E-state index in [9.17, 15) is 13.2 Å². The number of hydrogen-bond donors (Lipinski definition) is 1. The van der Waals surface area contributed by atoms with Crippen LogP contribution in [0.25, 0.3) is 0 Å². The standard InChI is InChI=1S/C18H28N2O4S/c1-3-20(14-18(21)19-15-8-6-5-7-9-15)25(22,23)17-12-10-16(11-13-17)24-4-2/h10-13,15H,3-9,14H2,1-2H3,(H,19,21). The molecule has 6 nitrogen and oxygen atoms in total. The molecule has 1 amide bonds. The molecule has 0 aromatic heterocycles. The lowest BCUT2D eigenvalue weighted by Crippen LogP contribution is -2.44. The second-order valence-corrected chi connectivity index (χ2v) is 8.18. The number of ether oxygens (including phenoxy) is 1. The Kier molecular flexibility index (Phi) is 7.25. The number of carbonyl (C=O) groups is 1. The third-order valence-corrected chi connectivity index (χ3v) is 6.35. The van der Waals surface area contributed by atoms with Crippen LogP contribution in [-0.4, -0.2) is 44.4 Å². The fraction of sp³-hybridized carbons (Fsp3) is 0.611. The molecule has 0 saturated heterocycles. The number of amides is 1. The molecule has 0 spiro atoms. The first-order chi connectivity index (χ1) is 12.0. The van der Waals surface area contributed by atoms with Crippen LogP contribution < -0.4 is 10.1 Å². The van der Waals surface area contributed by atoms with Gasteiger partial charge in [0.1, 0.15) is 5.75 Å². The minimum Gasteiger partial charge on any atom is -0.494 e. The highest BCUT2D eigenvalue weighted by molar-refractivity contribution is 7.89. The maximum atomic E-state index is 12.8. The van der Waals surface area contributed by atoms with Crippen molar-refractivity contribution in [2.45, 2.75) is 56.9 Å². The van der Waals surface area contributed by atoms with Gasteiger partial charge in [0.05, 0.1) is 18.0 Å². The summed E-state index contributed by atoms with van der Waals surface area (Å²) in [6.07, 6.45) is 5.40. The number of sulfonamides is 1. The summed E-state index contributed by atoms with van der Waals surface area (Å²) < 4.78 is 32.1. The summed E-state index contributed by atoms with van der Waals surface area (Å²) >= 11 is 0. The van der Waals surface area contributed by atoms with Gasteiger partial charge in [0.2, 0.25) is 15.9 Å². The van der Waals surface area contributed by atoms with Crippen molar-refractivity contribution < 1.29 is 17.9 Å². The van der Waals surface area contributed by atoms with Crippen LogP contribution in [-0.2, 0) is 14.8 Å². The van der Waals surface area contributed by atoms with Crippen LogP contribution in [0.2, 0.25) is 0 Å². The number of carbonyl (C=O) groups excluding carboxylic acids is 1. The van der Waals surface area contributed by atoms with E-state index in [4.69, 9.17) is 4.74 Å². The highest BCUT2D eigenvalue weighted by atomic mass is 32.2. The van der Waals surface area contributed by atoms with E-state index < -0.39 is 10.0 Å². The van der Waals surface area contributed by atoms with E-state index in [0.29, 0.717) is 12.4 Å². The van der Waals surface area contributed by atoms with Crippen LogP contribution in [0, 0.1) is 0 Å². The normalized spacial score (nSPS) is 16.0. The van der Waals surface area contributed by atoms with Gasteiger partial charge in [-0.05, 0) is 44.0 Å². The first-order valence-electron chi connectivity index (χ1n) is 8.99. The molecule has 1 aliphatic carbocycles. The molecule has 1 N–H and O–H groups in total. The molecule has 0 atom stereocenters. The van der Waals surface area contributed by atoms with Gasteiger partial charge in [-0.25, -0.2) is 8.42 Å². The number of nitrogens with zero attached hydrogens (tertiary/aromatic N) is 1. The van der Waals surface area contributed by atoms with E-state index in [1.807, 2.05) is 6.92 Å². The molecule has 1 aliphatic rings. The van der Waals surface area contributed by atoms with Crippen LogP contribution in [0.5, 0.6) is 5.75 Å². The van der Waals surface area contributed by atoms with Crippen LogP contribution in [0.4, 0.5) is 0 Å². The van der Waals surface area contributed by atoms with Crippen molar-refractivity contribution in [3.8, 4) is 5.75 Å².